The Bertz CT molecular complexity index is 478. The molecule has 1 aromatic carbocycles. The molecule has 0 aliphatic rings. The molecule has 0 spiro atoms. The van der Waals surface area contributed by atoms with Crippen molar-refractivity contribution in [1.82, 2.24) is 9.97 Å². The van der Waals surface area contributed by atoms with Crippen LogP contribution >= 0.6 is 0 Å². The molecular weight excluding hydrogens is 204 g/mol. The molecule has 1 heterocycles. The van der Waals surface area contributed by atoms with Crippen molar-refractivity contribution in [3.8, 4) is 11.3 Å². The van der Waals surface area contributed by atoms with Crippen molar-refractivity contribution in [3.63, 3.8) is 0 Å². The molecule has 0 radical (unpaired) electrons. The fourth-order valence-corrected chi connectivity index (χ4v) is 1.56. The SMILES string of the molecule is O=C(O)CCc1cccc(-c2cnc[nH]2)c1. The van der Waals surface area contributed by atoms with Gasteiger partial charge in [-0.05, 0) is 23.6 Å². The zero-order valence-corrected chi connectivity index (χ0v) is 8.68. The molecule has 16 heavy (non-hydrogen) atoms. The Kier molecular flexibility index (Phi) is 3.00. The van der Waals surface area contributed by atoms with E-state index in [0.717, 1.165) is 16.8 Å². The number of aryl methyl sites for hydroxylation is 1. The lowest BCUT2D eigenvalue weighted by Crippen LogP contribution is -1.97. The maximum absolute atomic E-state index is 10.5. The number of hydrogen-bond donors (Lipinski definition) is 2. The van der Waals surface area contributed by atoms with Crippen LogP contribution in [0.15, 0.2) is 36.8 Å². The fraction of sp³-hybridized carbons (Fsp3) is 0.167. The lowest BCUT2D eigenvalue weighted by molar-refractivity contribution is -0.136. The molecule has 4 heteroatoms. The quantitative estimate of drug-likeness (QED) is 0.822. The summed E-state index contributed by atoms with van der Waals surface area (Å²) < 4.78 is 0. The van der Waals surface area contributed by atoms with Gasteiger partial charge in [0.05, 0.1) is 18.2 Å². The summed E-state index contributed by atoms with van der Waals surface area (Å²) in [4.78, 5) is 17.4. The lowest BCUT2D eigenvalue weighted by atomic mass is 10.1. The van der Waals surface area contributed by atoms with Crippen molar-refractivity contribution in [2.75, 3.05) is 0 Å². The van der Waals surface area contributed by atoms with Gasteiger partial charge in [-0.3, -0.25) is 4.79 Å². The first-order valence-electron chi connectivity index (χ1n) is 5.05. The van der Waals surface area contributed by atoms with E-state index in [-0.39, 0.29) is 6.42 Å². The fourth-order valence-electron chi connectivity index (χ4n) is 1.56. The summed E-state index contributed by atoms with van der Waals surface area (Å²) in [6.07, 6.45) is 4.08. The van der Waals surface area contributed by atoms with Crippen molar-refractivity contribution in [1.29, 1.82) is 0 Å². The van der Waals surface area contributed by atoms with Gasteiger partial charge < -0.3 is 10.1 Å². The molecular formula is C12H12N2O2. The second-order valence-electron chi connectivity index (χ2n) is 3.56. The molecule has 0 bridgehead atoms. The molecule has 0 saturated heterocycles. The van der Waals surface area contributed by atoms with Gasteiger partial charge in [0.15, 0.2) is 0 Å². The molecule has 0 atom stereocenters. The highest BCUT2D eigenvalue weighted by Crippen LogP contribution is 2.17. The number of carboxylic acid groups (broad SMARTS) is 1. The van der Waals surface area contributed by atoms with Crippen LogP contribution in [0.25, 0.3) is 11.3 Å². The lowest BCUT2D eigenvalue weighted by Gasteiger charge is -2.02. The molecule has 2 rings (SSSR count). The van der Waals surface area contributed by atoms with Crippen LogP contribution in [0.4, 0.5) is 0 Å². The number of carbonyl (C=O) groups is 1. The van der Waals surface area contributed by atoms with E-state index in [0.29, 0.717) is 6.42 Å². The molecule has 0 fully saturated rings. The summed E-state index contributed by atoms with van der Waals surface area (Å²) in [6.45, 7) is 0. The Morgan fingerprint density at radius 3 is 3.00 bits per heavy atom. The molecule has 0 amide bonds. The number of nitrogens with one attached hydrogen (secondary N) is 1. The molecule has 1 aromatic heterocycles. The molecule has 4 nitrogen and oxygen atoms in total. The first kappa shape index (κ1) is 10.4. The van der Waals surface area contributed by atoms with E-state index >= 15 is 0 Å². The molecule has 2 N–H and O–H groups in total. The number of hydrogen-bond acceptors (Lipinski definition) is 2. The standard InChI is InChI=1S/C12H12N2O2/c15-12(16)5-4-9-2-1-3-10(6-9)11-7-13-8-14-11/h1-3,6-8H,4-5H2,(H,13,14)(H,15,16). The third-order valence-corrected chi connectivity index (χ3v) is 2.36. The number of benzene rings is 1. The first-order valence-corrected chi connectivity index (χ1v) is 5.05. The predicted octanol–water partition coefficient (Wildman–Crippen LogP) is 2.09. The van der Waals surface area contributed by atoms with E-state index in [1.54, 1.807) is 12.5 Å². The highest BCUT2D eigenvalue weighted by Gasteiger charge is 2.02. The van der Waals surface area contributed by atoms with Crippen LogP contribution < -0.4 is 0 Å². The molecule has 0 saturated carbocycles. The number of aliphatic carboxylic acids is 1. The number of aromatic nitrogens is 2. The highest BCUT2D eigenvalue weighted by molar-refractivity contribution is 5.67. The predicted molar refractivity (Wildman–Crippen MR) is 60.0 cm³/mol. The second-order valence-corrected chi connectivity index (χ2v) is 3.56. The van der Waals surface area contributed by atoms with Gasteiger partial charge in [0.25, 0.3) is 0 Å². The molecule has 0 aliphatic heterocycles. The van der Waals surface area contributed by atoms with Crippen molar-refractivity contribution < 1.29 is 9.90 Å². The summed E-state index contributed by atoms with van der Waals surface area (Å²) in [5.41, 5.74) is 2.99. The Labute approximate surface area is 93.0 Å². The largest absolute Gasteiger partial charge is 0.481 e. The van der Waals surface area contributed by atoms with Crippen LogP contribution in [-0.2, 0) is 11.2 Å². The van der Waals surface area contributed by atoms with E-state index in [1.807, 2.05) is 24.3 Å². The van der Waals surface area contributed by atoms with E-state index in [1.165, 1.54) is 0 Å². The highest BCUT2D eigenvalue weighted by atomic mass is 16.4. The Morgan fingerprint density at radius 2 is 2.31 bits per heavy atom. The number of imidazole rings is 1. The summed E-state index contributed by atoms with van der Waals surface area (Å²) in [5.74, 6) is -0.771. The zero-order valence-electron chi connectivity index (χ0n) is 8.68. The third-order valence-electron chi connectivity index (χ3n) is 2.36. The van der Waals surface area contributed by atoms with Gasteiger partial charge in [0.2, 0.25) is 0 Å². The van der Waals surface area contributed by atoms with Gasteiger partial charge in [-0.2, -0.15) is 0 Å². The van der Waals surface area contributed by atoms with E-state index in [9.17, 15) is 4.79 Å². The Balaban J connectivity index is 2.17. The average molecular weight is 216 g/mol. The minimum Gasteiger partial charge on any atom is -0.481 e. The van der Waals surface area contributed by atoms with Crippen LogP contribution in [0.1, 0.15) is 12.0 Å². The van der Waals surface area contributed by atoms with E-state index in [4.69, 9.17) is 5.11 Å². The van der Waals surface area contributed by atoms with Crippen LogP contribution in [-0.4, -0.2) is 21.0 Å². The summed E-state index contributed by atoms with van der Waals surface area (Å²) >= 11 is 0. The van der Waals surface area contributed by atoms with Gasteiger partial charge in [0, 0.05) is 6.42 Å². The number of aromatic amines is 1. The number of rotatable bonds is 4. The van der Waals surface area contributed by atoms with E-state index < -0.39 is 5.97 Å². The average Bonchev–Trinajstić information content (AvgIpc) is 2.80. The minimum atomic E-state index is -0.771. The van der Waals surface area contributed by atoms with Crippen molar-refractivity contribution in [2.24, 2.45) is 0 Å². The van der Waals surface area contributed by atoms with Gasteiger partial charge in [0.1, 0.15) is 0 Å². The first-order chi connectivity index (χ1) is 7.75. The van der Waals surface area contributed by atoms with Crippen molar-refractivity contribution in [3.05, 3.63) is 42.4 Å². The maximum atomic E-state index is 10.5. The molecule has 0 unspecified atom stereocenters. The van der Waals surface area contributed by atoms with Gasteiger partial charge in [-0.25, -0.2) is 4.98 Å². The van der Waals surface area contributed by atoms with Crippen molar-refractivity contribution >= 4 is 5.97 Å². The van der Waals surface area contributed by atoms with E-state index in [2.05, 4.69) is 9.97 Å². The molecule has 2 aromatic rings. The normalized spacial score (nSPS) is 10.2. The summed E-state index contributed by atoms with van der Waals surface area (Å²) in [6, 6.07) is 7.81. The maximum Gasteiger partial charge on any atom is 0.303 e. The van der Waals surface area contributed by atoms with Gasteiger partial charge in [-0.1, -0.05) is 18.2 Å². The minimum absolute atomic E-state index is 0.159. The Hall–Kier alpha value is -2.10. The number of nitrogens with zero attached hydrogens (tertiary/aromatic N) is 1. The smallest absolute Gasteiger partial charge is 0.303 e. The Morgan fingerprint density at radius 1 is 1.44 bits per heavy atom. The zero-order chi connectivity index (χ0) is 11.4. The number of carboxylic acids is 1. The molecule has 82 valence electrons. The monoisotopic (exact) mass is 216 g/mol. The van der Waals surface area contributed by atoms with Crippen LogP contribution in [0.3, 0.4) is 0 Å². The summed E-state index contributed by atoms with van der Waals surface area (Å²) in [5, 5.41) is 8.61. The third kappa shape index (κ3) is 2.48. The number of H-pyrrole nitrogens is 1. The van der Waals surface area contributed by atoms with Crippen LogP contribution in [0.2, 0.25) is 0 Å². The second kappa shape index (κ2) is 4.61. The van der Waals surface area contributed by atoms with Crippen LogP contribution in [0.5, 0.6) is 0 Å². The van der Waals surface area contributed by atoms with Crippen LogP contribution in [0, 0.1) is 0 Å². The molecule has 0 aliphatic carbocycles. The van der Waals surface area contributed by atoms with Gasteiger partial charge >= 0.3 is 5.97 Å². The van der Waals surface area contributed by atoms with Gasteiger partial charge in [-0.15, -0.1) is 0 Å². The summed E-state index contributed by atoms with van der Waals surface area (Å²) in [7, 11) is 0. The van der Waals surface area contributed by atoms with Crippen molar-refractivity contribution in [2.45, 2.75) is 12.8 Å². The topological polar surface area (TPSA) is 66.0 Å².